The highest BCUT2D eigenvalue weighted by molar-refractivity contribution is 5.79. The maximum absolute atomic E-state index is 4.80. The summed E-state index contributed by atoms with van der Waals surface area (Å²) in [7, 11) is 0. The molecule has 3 aromatic rings. The molecule has 0 amide bonds. The Balaban J connectivity index is 2.09. The third-order valence-corrected chi connectivity index (χ3v) is 3.98. The first-order chi connectivity index (χ1) is 13.3. The molecule has 0 saturated carbocycles. The van der Waals surface area contributed by atoms with E-state index in [4.69, 9.17) is 4.98 Å². The normalized spacial score (nSPS) is 12.3. The minimum Gasteiger partial charge on any atom is -0.338 e. The van der Waals surface area contributed by atoms with Crippen LogP contribution in [0.2, 0.25) is 0 Å². The van der Waals surface area contributed by atoms with E-state index in [9.17, 15) is 0 Å². The van der Waals surface area contributed by atoms with Gasteiger partial charge in [-0.25, -0.2) is 9.50 Å². The van der Waals surface area contributed by atoms with Crippen LogP contribution >= 0.6 is 0 Å². The SMILES string of the molecule is C=Cc1cnccc1Nc1nc(C(/C=C\C=C/C)=C\CC)nn2cccc12. The largest absolute Gasteiger partial charge is 0.338 e. The first kappa shape index (κ1) is 18.3. The zero-order valence-electron chi connectivity index (χ0n) is 15.6. The number of rotatable bonds is 7. The van der Waals surface area contributed by atoms with Crippen molar-refractivity contribution in [3.8, 4) is 0 Å². The highest BCUT2D eigenvalue weighted by Gasteiger charge is 2.11. The molecule has 0 radical (unpaired) electrons. The number of hydrogen-bond acceptors (Lipinski definition) is 4. The van der Waals surface area contributed by atoms with Gasteiger partial charge in [0.05, 0.1) is 5.69 Å². The van der Waals surface area contributed by atoms with Gasteiger partial charge in [-0.2, -0.15) is 0 Å². The molecule has 0 aliphatic carbocycles. The van der Waals surface area contributed by atoms with E-state index in [2.05, 4.69) is 35.0 Å². The van der Waals surface area contributed by atoms with Crippen LogP contribution in [0.15, 0.2) is 73.7 Å². The third-order valence-electron chi connectivity index (χ3n) is 3.98. The third kappa shape index (κ3) is 4.20. The van der Waals surface area contributed by atoms with Crippen molar-refractivity contribution in [2.45, 2.75) is 20.3 Å². The lowest BCUT2D eigenvalue weighted by atomic mass is 10.2. The number of pyridine rings is 1. The number of aromatic nitrogens is 4. The van der Waals surface area contributed by atoms with E-state index in [1.807, 2.05) is 60.1 Å². The molecule has 0 aromatic carbocycles. The second kappa shape index (κ2) is 8.76. The molecule has 136 valence electrons. The van der Waals surface area contributed by atoms with Gasteiger partial charge in [0.2, 0.25) is 0 Å². The summed E-state index contributed by atoms with van der Waals surface area (Å²) in [6.45, 7) is 7.95. The van der Waals surface area contributed by atoms with E-state index >= 15 is 0 Å². The molecule has 27 heavy (non-hydrogen) atoms. The van der Waals surface area contributed by atoms with Crippen molar-refractivity contribution in [3.05, 3.63) is 85.1 Å². The van der Waals surface area contributed by atoms with E-state index in [-0.39, 0.29) is 0 Å². The molecule has 0 saturated heterocycles. The zero-order valence-corrected chi connectivity index (χ0v) is 15.6. The lowest BCUT2D eigenvalue weighted by molar-refractivity contribution is 0.888. The Hall–Kier alpha value is -3.47. The van der Waals surface area contributed by atoms with Gasteiger partial charge < -0.3 is 5.32 Å². The molecule has 0 unspecified atom stereocenters. The second-order valence-electron chi connectivity index (χ2n) is 5.87. The molecular weight excluding hydrogens is 334 g/mol. The van der Waals surface area contributed by atoms with Crippen molar-refractivity contribution in [1.82, 2.24) is 19.6 Å². The van der Waals surface area contributed by atoms with Crippen LogP contribution in [0, 0.1) is 0 Å². The summed E-state index contributed by atoms with van der Waals surface area (Å²) >= 11 is 0. The van der Waals surface area contributed by atoms with Gasteiger partial charge in [-0.1, -0.05) is 50.0 Å². The van der Waals surface area contributed by atoms with E-state index in [0.717, 1.165) is 34.6 Å². The fraction of sp³-hybridized carbons (Fsp3) is 0.136. The van der Waals surface area contributed by atoms with Gasteiger partial charge in [0.1, 0.15) is 5.52 Å². The summed E-state index contributed by atoms with van der Waals surface area (Å²) < 4.78 is 1.84. The Labute approximate surface area is 159 Å². The average Bonchev–Trinajstić information content (AvgIpc) is 3.17. The van der Waals surface area contributed by atoms with Gasteiger partial charge in [0, 0.05) is 29.7 Å². The van der Waals surface area contributed by atoms with Crippen molar-refractivity contribution < 1.29 is 0 Å². The van der Waals surface area contributed by atoms with E-state index in [1.54, 1.807) is 18.5 Å². The highest BCUT2D eigenvalue weighted by Crippen LogP contribution is 2.25. The molecule has 1 N–H and O–H groups in total. The van der Waals surface area contributed by atoms with Gasteiger partial charge in [-0.05, 0) is 31.5 Å². The summed E-state index contributed by atoms with van der Waals surface area (Å²) in [6.07, 6.45) is 18.2. The lowest BCUT2D eigenvalue weighted by Gasteiger charge is -2.12. The predicted molar refractivity (Wildman–Crippen MR) is 113 cm³/mol. The van der Waals surface area contributed by atoms with Crippen LogP contribution in [-0.2, 0) is 0 Å². The van der Waals surface area contributed by atoms with Gasteiger partial charge >= 0.3 is 0 Å². The fourth-order valence-corrected chi connectivity index (χ4v) is 2.68. The van der Waals surface area contributed by atoms with Crippen LogP contribution in [0.5, 0.6) is 0 Å². The van der Waals surface area contributed by atoms with Gasteiger partial charge in [-0.3, -0.25) is 4.98 Å². The minimum atomic E-state index is 0.665. The Morgan fingerprint density at radius 2 is 2.19 bits per heavy atom. The van der Waals surface area contributed by atoms with Crippen LogP contribution in [-0.4, -0.2) is 19.6 Å². The number of allylic oxidation sites excluding steroid dienone is 6. The monoisotopic (exact) mass is 357 g/mol. The first-order valence-corrected chi connectivity index (χ1v) is 8.95. The molecule has 5 heteroatoms. The summed E-state index contributed by atoms with van der Waals surface area (Å²) in [5.41, 5.74) is 3.70. The van der Waals surface area contributed by atoms with Crippen LogP contribution in [0.25, 0.3) is 17.2 Å². The first-order valence-electron chi connectivity index (χ1n) is 8.95. The van der Waals surface area contributed by atoms with Crippen molar-refractivity contribution >= 4 is 28.7 Å². The van der Waals surface area contributed by atoms with Crippen LogP contribution in [0.1, 0.15) is 31.7 Å². The molecule has 0 atom stereocenters. The van der Waals surface area contributed by atoms with Crippen molar-refractivity contribution in [2.75, 3.05) is 5.32 Å². The smallest absolute Gasteiger partial charge is 0.181 e. The standard InChI is InChI=1S/C22H23N5/c1-4-7-8-11-18(10-5-2)21-25-22(20-12-9-15-27(20)26-21)24-19-13-14-23-16-17(19)6-3/h4,6-16H,3,5H2,1-2H3,(H,23,24,25,26)/b7-4-,11-8-,18-10-. The fourth-order valence-electron chi connectivity index (χ4n) is 2.68. The van der Waals surface area contributed by atoms with E-state index in [0.29, 0.717) is 5.82 Å². The Morgan fingerprint density at radius 1 is 1.30 bits per heavy atom. The van der Waals surface area contributed by atoms with Gasteiger partial charge in [0.25, 0.3) is 0 Å². The second-order valence-corrected chi connectivity index (χ2v) is 5.87. The van der Waals surface area contributed by atoms with Crippen LogP contribution in [0.4, 0.5) is 11.5 Å². The van der Waals surface area contributed by atoms with Gasteiger partial charge in [0.15, 0.2) is 11.6 Å². The zero-order chi connectivity index (χ0) is 19.1. The summed E-state index contributed by atoms with van der Waals surface area (Å²) in [5, 5.41) is 8.08. The molecule has 0 fully saturated rings. The molecule has 0 bridgehead atoms. The summed E-state index contributed by atoms with van der Waals surface area (Å²) in [4.78, 5) is 8.95. The van der Waals surface area contributed by atoms with Crippen LogP contribution < -0.4 is 5.32 Å². The number of hydrogen-bond donors (Lipinski definition) is 1. The molecule has 0 aliphatic rings. The minimum absolute atomic E-state index is 0.665. The van der Waals surface area contributed by atoms with E-state index < -0.39 is 0 Å². The maximum Gasteiger partial charge on any atom is 0.181 e. The molecule has 3 aromatic heterocycles. The molecular formula is C22H23N5. The molecule has 0 spiro atoms. The van der Waals surface area contributed by atoms with Crippen molar-refractivity contribution in [2.24, 2.45) is 0 Å². The number of fused-ring (bicyclic) bond motifs is 1. The topological polar surface area (TPSA) is 55.1 Å². The predicted octanol–water partition coefficient (Wildman–Crippen LogP) is 5.44. The molecule has 3 rings (SSSR count). The Morgan fingerprint density at radius 3 is 2.96 bits per heavy atom. The van der Waals surface area contributed by atoms with Gasteiger partial charge in [-0.15, -0.1) is 5.10 Å². The molecule has 0 aliphatic heterocycles. The number of nitrogens with zero attached hydrogens (tertiary/aromatic N) is 4. The van der Waals surface area contributed by atoms with Crippen LogP contribution in [0.3, 0.4) is 0 Å². The van der Waals surface area contributed by atoms with Crippen molar-refractivity contribution in [3.63, 3.8) is 0 Å². The maximum atomic E-state index is 4.80. The summed E-state index contributed by atoms with van der Waals surface area (Å²) in [5.74, 6) is 1.40. The lowest BCUT2D eigenvalue weighted by Crippen LogP contribution is -2.06. The quantitative estimate of drug-likeness (QED) is 0.572. The summed E-state index contributed by atoms with van der Waals surface area (Å²) in [6, 6.07) is 5.85. The Bertz CT molecular complexity index is 1020. The highest BCUT2D eigenvalue weighted by atomic mass is 15.3. The average molecular weight is 357 g/mol. The number of nitrogens with one attached hydrogen (secondary N) is 1. The van der Waals surface area contributed by atoms with E-state index in [1.165, 1.54) is 0 Å². The Kier molecular flexibility index (Phi) is 5.94. The molecule has 5 nitrogen and oxygen atoms in total. The van der Waals surface area contributed by atoms with Crippen molar-refractivity contribution in [1.29, 1.82) is 0 Å². The number of anilines is 2. The molecule has 3 heterocycles.